The van der Waals surface area contributed by atoms with Crippen LogP contribution in [0, 0.1) is 0 Å². The van der Waals surface area contributed by atoms with Gasteiger partial charge in [0.1, 0.15) is 0 Å². The summed E-state index contributed by atoms with van der Waals surface area (Å²) >= 11 is 0. The van der Waals surface area contributed by atoms with E-state index >= 15 is 0 Å². The summed E-state index contributed by atoms with van der Waals surface area (Å²) in [6.07, 6.45) is 7.69. The summed E-state index contributed by atoms with van der Waals surface area (Å²) < 4.78 is 0. The van der Waals surface area contributed by atoms with Crippen LogP contribution in [0.5, 0.6) is 0 Å². The molecule has 0 amide bonds. The monoisotopic (exact) mass is 248 g/mol. The van der Waals surface area contributed by atoms with Crippen molar-refractivity contribution in [2.75, 3.05) is 0 Å². The largest absolute Gasteiger partial charge is 0.106 e. The van der Waals surface area contributed by atoms with Gasteiger partial charge in [-0.3, -0.25) is 0 Å². The van der Waals surface area contributed by atoms with Gasteiger partial charge in [0, 0.05) is 0 Å². The van der Waals surface area contributed by atoms with Crippen molar-refractivity contribution in [3.8, 4) is 0 Å². The van der Waals surface area contributed by atoms with Crippen LogP contribution in [0.1, 0.15) is 27.7 Å². The number of rotatable bonds is 2. The van der Waals surface area contributed by atoms with Gasteiger partial charge in [-0.05, 0) is 19.2 Å². The topological polar surface area (TPSA) is 0 Å². The molecule has 0 nitrogen and oxygen atoms in total. The average molecular weight is 248 g/mol. The Morgan fingerprint density at radius 3 is 1.88 bits per heavy atom. The van der Waals surface area contributed by atoms with E-state index < -0.39 is 0 Å². The van der Waals surface area contributed by atoms with Gasteiger partial charge in [-0.1, -0.05) is 80.6 Å². The van der Waals surface area contributed by atoms with E-state index in [1.165, 1.54) is 10.9 Å². The van der Waals surface area contributed by atoms with E-state index in [4.69, 9.17) is 0 Å². The highest BCUT2D eigenvalue weighted by atomic mass is 31.0. The standard InChI is InChI=1S/C8H12.C6H7P.C2H6/c1-4-5-6-7-8(2)3;7-6-4-2-1-3-5-6;1-2/h4-7H,1H2,2-3H3;1-5H,7H2;1-2H3/b6-5-;;. The van der Waals surface area contributed by atoms with E-state index in [0.29, 0.717) is 0 Å². The van der Waals surface area contributed by atoms with E-state index in [0.717, 1.165) is 0 Å². The highest BCUT2D eigenvalue weighted by Crippen LogP contribution is 1.88. The van der Waals surface area contributed by atoms with Crippen LogP contribution < -0.4 is 5.30 Å². The normalized spacial score (nSPS) is 8.29. The fourth-order valence-electron chi connectivity index (χ4n) is 0.780. The van der Waals surface area contributed by atoms with E-state index in [2.05, 4.69) is 29.7 Å². The molecule has 0 N–H and O–H groups in total. The van der Waals surface area contributed by atoms with Gasteiger partial charge in [-0.25, -0.2) is 0 Å². The Hall–Kier alpha value is -1.13. The number of benzene rings is 1. The lowest BCUT2D eigenvalue weighted by molar-refractivity contribution is 1.39. The first-order valence-corrected chi connectivity index (χ1v) is 6.47. The van der Waals surface area contributed by atoms with Crippen LogP contribution in [0.2, 0.25) is 0 Å². The van der Waals surface area contributed by atoms with Gasteiger partial charge in [0.25, 0.3) is 0 Å². The van der Waals surface area contributed by atoms with Crippen molar-refractivity contribution < 1.29 is 0 Å². The van der Waals surface area contributed by atoms with Crippen molar-refractivity contribution in [1.82, 2.24) is 0 Å². The Morgan fingerprint density at radius 2 is 1.59 bits per heavy atom. The highest BCUT2D eigenvalue weighted by molar-refractivity contribution is 7.27. The molecule has 0 aliphatic heterocycles. The summed E-state index contributed by atoms with van der Waals surface area (Å²) in [6.45, 7) is 11.7. The lowest BCUT2D eigenvalue weighted by Gasteiger charge is -1.82. The van der Waals surface area contributed by atoms with Crippen molar-refractivity contribution in [2.24, 2.45) is 0 Å². The molecule has 1 heteroatoms. The molecule has 0 spiro atoms. The Kier molecular flexibility index (Phi) is 16.0. The smallest absolute Gasteiger partial charge is 0.0303 e. The molecular weight excluding hydrogens is 223 g/mol. The third kappa shape index (κ3) is 17.5. The molecule has 94 valence electrons. The van der Waals surface area contributed by atoms with Gasteiger partial charge in [0.15, 0.2) is 0 Å². The third-order valence-corrected chi connectivity index (χ3v) is 1.86. The molecule has 0 heterocycles. The molecule has 0 aliphatic rings. The van der Waals surface area contributed by atoms with E-state index in [9.17, 15) is 0 Å². The SMILES string of the molecule is C=C/C=C\C=C(C)C.CC.Pc1ccccc1. The molecule has 0 aromatic heterocycles. The predicted molar refractivity (Wildman–Crippen MR) is 85.9 cm³/mol. The van der Waals surface area contributed by atoms with Gasteiger partial charge in [-0.15, -0.1) is 9.24 Å². The van der Waals surface area contributed by atoms with Gasteiger partial charge in [0.2, 0.25) is 0 Å². The first-order valence-electron chi connectivity index (χ1n) is 5.90. The zero-order valence-electron chi connectivity index (χ0n) is 11.5. The lowest BCUT2D eigenvalue weighted by Crippen LogP contribution is -1.82. The Balaban J connectivity index is 0. The number of hydrogen-bond acceptors (Lipinski definition) is 0. The van der Waals surface area contributed by atoms with Crippen LogP contribution >= 0.6 is 9.24 Å². The lowest BCUT2D eigenvalue weighted by atomic mass is 10.3. The minimum absolute atomic E-state index is 1.24. The molecular formula is C16H25P. The highest BCUT2D eigenvalue weighted by Gasteiger charge is 1.72. The fraction of sp³-hybridized carbons (Fsp3) is 0.250. The Morgan fingerprint density at radius 1 is 1.06 bits per heavy atom. The van der Waals surface area contributed by atoms with Gasteiger partial charge in [0.05, 0.1) is 0 Å². The molecule has 0 fully saturated rings. The molecule has 0 saturated carbocycles. The molecule has 0 bridgehead atoms. The quantitative estimate of drug-likeness (QED) is 0.515. The predicted octanol–water partition coefficient (Wildman–Crippen LogP) is 4.91. The zero-order chi connectivity index (χ0) is 13.5. The average Bonchev–Trinajstić information content (AvgIpc) is 2.33. The molecule has 17 heavy (non-hydrogen) atoms. The molecule has 0 aliphatic carbocycles. The molecule has 1 rings (SSSR count). The second kappa shape index (κ2) is 14.9. The van der Waals surface area contributed by atoms with Crippen LogP contribution in [-0.4, -0.2) is 0 Å². The minimum Gasteiger partial charge on any atom is -0.106 e. The van der Waals surface area contributed by atoms with Crippen molar-refractivity contribution in [3.05, 3.63) is 66.8 Å². The van der Waals surface area contributed by atoms with Crippen LogP contribution in [0.4, 0.5) is 0 Å². The van der Waals surface area contributed by atoms with Crippen LogP contribution in [0.3, 0.4) is 0 Å². The zero-order valence-corrected chi connectivity index (χ0v) is 12.6. The first kappa shape index (κ1) is 18.2. The Bertz CT molecular complexity index is 317. The summed E-state index contributed by atoms with van der Waals surface area (Å²) in [7, 11) is 2.63. The van der Waals surface area contributed by atoms with Crippen LogP contribution in [0.15, 0.2) is 66.8 Å². The molecule has 1 atom stereocenters. The van der Waals surface area contributed by atoms with Crippen molar-refractivity contribution in [2.45, 2.75) is 27.7 Å². The summed E-state index contributed by atoms with van der Waals surface area (Å²) in [5.74, 6) is 0. The van der Waals surface area contributed by atoms with Gasteiger partial charge < -0.3 is 0 Å². The third-order valence-electron chi connectivity index (χ3n) is 1.48. The fourth-order valence-corrected chi connectivity index (χ4v) is 1.00. The van der Waals surface area contributed by atoms with Crippen molar-refractivity contribution >= 4 is 14.5 Å². The number of allylic oxidation sites excluding steroid dienone is 5. The van der Waals surface area contributed by atoms with Crippen LogP contribution in [0.25, 0.3) is 0 Å². The van der Waals surface area contributed by atoms with Crippen molar-refractivity contribution in [1.29, 1.82) is 0 Å². The molecule has 0 radical (unpaired) electrons. The van der Waals surface area contributed by atoms with Crippen LogP contribution in [-0.2, 0) is 0 Å². The molecule has 0 saturated heterocycles. The molecule has 1 aromatic rings. The molecule has 1 unspecified atom stereocenters. The maximum absolute atomic E-state index is 3.54. The maximum Gasteiger partial charge on any atom is -0.0303 e. The summed E-state index contributed by atoms with van der Waals surface area (Å²) in [5, 5.41) is 1.24. The summed E-state index contributed by atoms with van der Waals surface area (Å²) in [6, 6.07) is 10.1. The number of hydrogen-bond donors (Lipinski definition) is 0. The van der Waals surface area contributed by atoms with E-state index in [1.807, 2.05) is 62.4 Å². The summed E-state index contributed by atoms with van der Waals surface area (Å²) in [5.41, 5.74) is 1.31. The first-order chi connectivity index (χ1) is 8.16. The van der Waals surface area contributed by atoms with E-state index in [-0.39, 0.29) is 0 Å². The second-order valence-electron chi connectivity index (χ2n) is 3.28. The summed E-state index contributed by atoms with van der Waals surface area (Å²) in [4.78, 5) is 0. The van der Waals surface area contributed by atoms with Gasteiger partial charge in [-0.2, -0.15) is 0 Å². The van der Waals surface area contributed by atoms with Gasteiger partial charge >= 0.3 is 0 Å². The second-order valence-corrected chi connectivity index (χ2v) is 3.94. The minimum atomic E-state index is 1.24. The van der Waals surface area contributed by atoms with Crippen molar-refractivity contribution in [3.63, 3.8) is 0 Å². The van der Waals surface area contributed by atoms with E-state index in [1.54, 1.807) is 6.08 Å². The molecule has 1 aromatic carbocycles. The maximum atomic E-state index is 3.54. The Labute approximate surface area is 109 Å².